The third kappa shape index (κ3) is 5.93. The first-order valence-electron chi connectivity index (χ1n) is 12.6. The molecule has 192 valence electrons. The Morgan fingerprint density at radius 1 is 1.08 bits per heavy atom. The van der Waals surface area contributed by atoms with Crippen molar-refractivity contribution < 1.29 is 9.18 Å². The standard InChI is InChI=1S/C28H36FN5O2/c1-19(2)32-12-7-13-33(15-14-32)22-10-11-24-23(17-22)27(36)34(18-25(35)31-28(3,4)5)26(30-24)20-8-6-9-21(29)16-20/h6,8-11,16-17,19H,7,12-15,18H2,1-5H3,(H,31,35). The van der Waals surface area contributed by atoms with E-state index < -0.39 is 11.4 Å². The number of hydrogen-bond donors (Lipinski definition) is 1. The zero-order valence-corrected chi connectivity index (χ0v) is 21.8. The van der Waals surface area contributed by atoms with Crippen LogP contribution < -0.4 is 15.8 Å². The number of nitrogens with one attached hydrogen (secondary N) is 1. The number of halogens is 1. The van der Waals surface area contributed by atoms with Crippen molar-refractivity contribution >= 4 is 22.5 Å². The van der Waals surface area contributed by atoms with Crippen LogP contribution in [0.1, 0.15) is 41.0 Å². The summed E-state index contributed by atoms with van der Waals surface area (Å²) >= 11 is 0. The van der Waals surface area contributed by atoms with Gasteiger partial charge in [0.1, 0.15) is 18.2 Å². The fraction of sp³-hybridized carbons (Fsp3) is 0.464. The molecule has 0 bridgehead atoms. The van der Waals surface area contributed by atoms with Gasteiger partial charge in [-0.3, -0.25) is 19.1 Å². The van der Waals surface area contributed by atoms with Gasteiger partial charge in [0.05, 0.1) is 10.9 Å². The van der Waals surface area contributed by atoms with E-state index >= 15 is 0 Å². The van der Waals surface area contributed by atoms with Gasteiger partial charge in [-0.1, -0.05) is 12.1 Å². The van der Waals surface area contributed by atoms with E-state index in [0.29, 0.717) is 22.5 Å². The Labute approximate surface area is 211 Å². The Kier molecular flexibility index (Phi) is 7.45. The summed E-state index contributed by atoms with van der Waals surface area (Å²) in [4.78, 5) is 36.1. The molecule has 36 heavy (non-hydrogen) atoms. The summed E-state index contributed by atoms with van der Waals surface area (Å²) in [5.41, 5.74) is 1.17. The summed E-state index contributed by atoms with van der Waals surface area (Å²) in [5.74, 6) is -0.466. The first-order chi connectivity index (χ1) is 17.0. The van der Waals surface area contributed by atoms with Crippen LogP contribution in [0.15, 0.2) is 47.3 Å². The second kappa shape index (κ2) is 10.4. The number of carbonyl (C=O) groups excluding carboxylic acids is 1. The molecule has 7 nitrogen and oxygen atoms in total. The van der Waals surface area contributed by atoms with Gasteiger partial charge in [-0.2, -0.15) is 0 Å². The van der Waals surface area contributed by atoms with Gasteiger partial charge < -0.3 is 10.2 Å². The van der Waals surface area contributed by atoms with Crippen molar-refractivity contribution in [3.05, 3.63) is 58.6 Å². The highest BCUT2D eigenvalue weighted by atomic mass is 19.1. The number of fused-ring (bicyclic) bond motifs is 1. The summed E-state index contributed by atoms with van der Waals surface area (Å²) < 4.78 is 15.4. The van der Waals surface area contributed by atoms with Gasteiger partial charge >= 0.3 is 0 Å². The molecule has 0 unspecified atom stereocenters. The molecule has 1 saturated heterocycles. The van der Waals surface area contributed by atoms with E-state index in [0.717, 1.165) is 38.3 Å². The average molecular weight is 494 g/mol. The zero-order valence-electron chi connectivity index (χ0n) is 21.8. The molecule has 0 spiro atoms. The van der Waals surface area contributed by atoms with E-state index in [1.807, 2.05) is 39.0 Å². The lowest BCUT2D eigenvalue weighted by Gasteiger charge is -2.26. The van der Waals surface area contributed by atoms with Gasteiger partial charge in [-0.25, -0.2) is 9.37 Å². The largest absolute Gasteiger partial charge is 0.370 e. The molecule has 0 atom stereocenters. The SMILES string of the molecule is CC(C)N1CCCN(c2ccc3nc(-c4cccc(F)c4)n(CC(=O)NC(C)(C)C)c(=O)c3c2)CC1. The first kappa shape index (κ1) is 25.8. The number of hydrogen-bond acceptors (Lipinski definition) is 5. The smallest absolute Gasteiger partial charge is 0.262 e. The third-order valence-electron chi connectivity index (χ3n) is 6.46. The minimum atomic E-state index is -0.451. The summed E-state index contributed by atoms with van der Waals surface area (Å²) in [6, 6.07) is 12.2. The monoisotopic (exact) mass is 493 g/mol. The number of amides is 1. The Morgan fingerprint density at radius 2 is 1.86 bits per heavy atom. The summed E-state index contributed by atoms with van der Waals surface area (Å²) in [6.45, 7) is 13.7. The van der Waals surface area contributed by atoms with Crippen LogP contribution in [0, 0.1) is 5.82 Å². The normalized spacial score (nSPS) is 15.4. The fourth-order valence-electron chi connectivity index (χ4n) is 4.71. The minimum absolute atomic E-state index is 0.206. The molecule has 1 aliphatic rings. The third-order valence-corrected chi connectivity index (χ3v) is 6.46. The highest BCUT2D eigenvalue weighted by molar-refractivity contribution is 5.84. The van der Waals surface area contributed by atoms with Crippen LogP contribution in [0.25, 0.3) is 22.3 Å². The molecule has 1 amide bonds. The van der Waals surface area contributed by atoms with Crippen LogP contribution in [-0.2, 0) is 11.3 Å². The lowest BCUT2D eigenvalue weighted by molar-refractivity contribution is -0.123. The average Bonchev–Trinajstić information content (AvgIpc) is 3.06. The van der Waals surface area contributed by atoms with Crippen LogP contribution in [0.5, 0.6) is 0 Å². The molecule has 1 aromatic heterocycles. The number of rotatable bonds is 5. The number of aromatic nitrogens is 2. The zero-order chi connectivity index (χ0) is 26.0. The topological polar surface area (TPSA) is 70.5 Å². The number of anilines is 1. The van der Waals surface area contributed by atoms with E-state index in [2.05, 4.69) is 29.0 Å². The van der Waals surface area contributed by atoms with Crippen molar-refractivity contribution in [2.75, 3.05) is 31.1 Å². The van der Waals surface area contributed by atoms with Gasteiger partial charge in [0, 0.05) is 49.0 Å². The number of carbonyl (C=O) groups is 1. The summed E-state index contributed by atoms with van der Waals surface area (Å²) in [7, 11) is 0. The minimum Gasteiger partial charge on any atom is -0.370 e. The van der Waals surface area contributed by atoms with Gasteiger partial charge in [-0.15, -0.1) is 0 Å². The van der Waals surface area contributed by atoms with E-state index in [1.165, 1.54) is 16.7 Å². The van der Waals surface area contributed by atoms with Crippen molar-refractivity contribution in [1.82, 2.24) is 19.8 Å². The Morgan fingerprint density at radius 3 is 2.56 bits per heavy atom. The molecule has 2 aromatic carbocycles. The van der Waals surface area contributed by atoms with Crippen molar-refractivity contribution in [3.8, 4) is 11.4 Å². The lowest BCUT2D eigenvalue weighted by atomic mass is 10.1. The quantitative estimate of drug-likeness (QED) is 0.581. The molecule has 0 aliphatic carbocycles. The first-order valence-corrected chi connectivity index (χ1v) is 12.6. The van der Waals surface area contributed by atoms with Crippen LogP contribution >= 0.6 is 0 Å². The number of nitrogens with zero attached hydrogens (tertiary/aromatic N) is 4. The Balaban J connectivity index is 1.78. The molecule has 8 heteroatoms. The van der Waals surface area contributed by atoms with Crippen LogP contribution in [-0.4, -0.2) is 58.1 Å². The van der Waals surface area contributed by atoms with E-state index in [4.69, 9.17) is 4.98 Å². The van der Waals surface area contributed by atoms with Gasteiger partial charge in [-0.05, 0) is 71.4 Å². The Hall–Kier alpha value is -3.26. The molecule has 3 aromatic rings. The molecule has 2 heterocycles. The predicted molar refractivity (Wildman–Crippen MR) is 143 cm³/mol. The molecule has 4 rings (SSSR count). The highest BCUT2D eigenvalue weighted by Crippen LogP contribution is 2.24. The Bertz CT molecular complexity index is 1310. The van der Waals surface area contributed by atoms with Crippen LogP contribution in [0.2, 0.25) is 0 Å². The summed E-state index contributed by atoms with van der Waals surface area (Å²) in [5, 5.41) is 3.35. The molecule has 0 radical (unpaired) electrons. The number of benzene rings is 2. The maximum absolute atomic E-state index is 14.0. The van der Waals surface area contributed by atoms with Gasteiger partial charge in [0.2, 0.25) is 5.91 Å². The van der Waals surface area contributed by atoms with Gasteiger partial charge in [0.15, 0.2) is 0 Å². The van der Waals surface area contributed by atoms with Crippen LogP contribution in [0.3, 0.4) is 0 Å². The van der Waals surface area contributed by atoms with E-state index in [1.54, 1.807) is 12.1 Å². The molecule has 1 fully saturated rings. The molecule has 0 saturated carbocycles. The molecule has 1 aliphatic heterocycles. The van der Waals surface area contributed by atoms with Crippen molar-refractivity contribution in [1.29, 1.82) is 0 Å². The van der Waals surface area contributed by atoms with Crippen LogP contribution in [0.4, 0.5) is 10.1 Å². The maximum Gasteiger partial charge on any atom is 0.262 e. The van der Waals surface area contributed by atoms with E-state index in [9.17, 15) is 14.0 Å². The second-order valence-electron chi connectivity index (χ2n) is 10.8. The highest BCUT2D eigenvalue weighted by Gasteiger charge is 2.21. The molecular weight excluding hydrogens is 457 g/mol. The fourth-order valence-corrected chi connectivity index (χ4v) is 4.71. The molecule has 1 N–H and O–H groups in total. The van der Waals surface area contributed by atoms with Gasteiger partial charge in [0.25, 0.3) is 5.56 Å². The van der Waals surface area contributed by atoms with Crippen molar-refractivity contribution in [3.63, 3.8) is 0 Å². The summed E-state index contributed by atoms with van der Waals surface area (Å²) in [6.07, 6.45) is 1.05. The lowest BCUT2D eigenvalue weighted by Crippen LogP contribution is -2.43. The second-order valence-corrected chi connectivity index (χ2v) is 10.8. The van der Waals surface area contributed by atoms with Crippen molar-refractivity contribution in [2.45, 2.75) is 59.2 Å². The predicted octanol–water partition coefficient (Wildman–Crippen LogP) is 4.04. The van der Waals surface area contributed by atoms with E-state index in [-0.39, 0.29) is 23.8 Å². The maximum atomic E-state index is 14.0. The molecular formula is C28H36FN5O2. The van der Waals surface area contributed by atoms with Crippen molar-refractivity contribution in [2.24, 2.45) is 0 Å².